The fourth-order valence-corrected chi connectivity index (χ4v) is 3.72. The maximum absolute atomic E-state index is 12.9. The lowest BCUT2D eigenvalue weighted by Gasteiger charge is -2.28. The minimum atomic E-state index is -0.333. The predicted octanol–water partition coefficient (Wildman–Crippen LogP) is 5.17. The topological polar surface area (TPSA) is 29.5 Å². The first-order valence-electron chi connectivity index (χ1n) is 9.87. The highest BCUT2D eigenvalue weighted by atomic mass is 19.1. The molecule has 3 rings (SSSR count). The van der Waals surface area contributed by atoms with Crippen molar-refractivity contribution in [3.8, 4) is 0 Å². The van der Waals surface area contributed by atoms with Gasteiger partial charge in [0.05, 0.1) is 0 Å². The average molecular weight is 381 g/mol. The quantitative estimate of drug-likeness (QED) is 0.511. The zero-order chi connectivity index (χ0) is 19.9. The molecule has 28 heavy (non-hydrogen) atoms. The number of hydrogen-bond acceptors (Lipinski definition) is 3. The van der Waals surface area contributed by atoms with Crippen LogP contribution < -0.4 is 0 Å². The molecule has 0 amide bonds. The highest BCUT2D eigenvalue weighted by Crippen LogP contribution is 2.34. The maximum Gasteiger partial charge on any atom is 0.331 e. The van der Waals surface area contributed by atoms with E-state index in [1.54, 1.807) is 18.2 Å². The molecule has 1 fully saturated rings. The smallest absolute Gasteiger partial charge is 0.331 e. The lowest BCUT2D eigenvalue weighted by Crippen LogP contribution is -2.23. The first-order valence-corrected chi connectivity index (χ1v) is 9.87. The number of benzene rings is 2. The Hall–Kier alpha value is -2.46. The van der Waals surface area contributed by atoms with Crippen LogP contribution in [0.5, 0.6) is 0 Å². The van der Waals surface area contributed by atoms with Crippen LogP contribution in [0, 0.1) is 5.82 Å². The van der Waals surface area contributed by atoms with Crippen LogP contribution in [-0.4, -0.2) is 31.1 Å². The van der Waals surface area contributed by atoms with Crippen molar-refractivity contribution in [1.82, 2.24) is 4.90 Å². The summed E-state index contributed by atoms with van der Waals surface area (Å²) < 4.78 is 18.5. The molecule has 0 saturated heterocycles. The molecule has 1 saturated carbocycles. The van der Waals surface area contributed by atoms with Crippen LogP contribution >= 0.6 is 0 Å². The summed E-state index contributed by atoms with van der Waals surface area (Å²) in [7, 11) is 4.15. The van der Waals surface area contributed by atoms with Crippen LogP contribution in [0.4, 0.5) is 4.39 Å². The molecule has 0 unspecified atom stereocenters. The highest BCUT2D eigenvalue weighted by Gasteiger charge is 2.24. The largest absolute Gasteiger partial charge is 0.459 e. The molecule has 0 spiro atoms. The van der Waals surface area contributed by atoms with Gasteiger partial charge in [-0.2, -0.15) is 0 Å². The molecule has 3 nitrogen and oxygen atoms in total. The third-order valence-corrected chi connectivity index (χ3v) is 5.19. The van der Waals surface area contributed by atoms with E-state index in [0.717, 1.165) is 37.8 Å². The fourth-order valence-electron chi connectivity index (χ4n) is 3.72. The number of carbonyl (C=O) groups is 1. The van der Waals surface area contributed by atoms with Gasteiger partial charge in [-0.1, -0.05) is 36.4 Å². The van der Waals surface area contributed by atoms with E-state index >= 15 is 0 Å². The number of carbonyl (C=O) groups excluding carboxylic acids is 1. The third-order valence-electron chi connectivity index (χ3n) is 5.19. The molecular weight excluding hydrogens is 353 g/mol. The first-order chi connectivity index (χ1) is 13.5. The number of hydrogen-bond donors (Lipinski definition) is 0. The van der Waals surface area contributed by atoms with Gasteiger partial charge in [-0.05, 0) is 80.6 Å². The third kappa shape index (κ3) is 6.03. The summed E-state index contributed by atoms with van der Waals surface area (Å²) in [5.41, 5.74) is 3.48. The standard InChI is InChI=1S/C24H28FNO2/c1-26(2)17-19-3-8-20(9-4-19)21-10-14-23(15-11-21)28-24(27)16-7-18-5-12-22(25)13-6-18/h3-9,12-13,16,21,23H,10-11,14-15,17H2,1-2H3/b16-7+/t21-,23-. The summed E-state index contributed by atoms with van der Waals surface area (Å²) in [4.78, 5) is 14.2. The van der Waals surface area contributed by atoms with Crippen molar-refractivity contribution >= 4 is 12.0 Å². The molecule has 0 heterocycles. The van der Waals surface area contributed by atoms with Crippen LogP contribution in [0.25, 0.3) is 6.08 Å². The monoisotopic (exact) mass is 381 g/mol. The number of esters is 1. The molecule has 148 valence electrons. The lowest BCUT2D eigenvalue weighted by atomic mass is 9.82. The van der Waals surface area contributed by atoms with Crippen molar-refractivity contribution in [3.05, 3.63) is 77.1 Å². The SMILES string of the molecule is CN(C)Cc1ccc([C@H]2CC[C@H](OC(=O)/C=C/c3ccc(F)cc3)CC2)cc1. The molecule has 2 aromatic carbocycles. The Morgan fingerprint density at radius 3 is 2.29 bits per heavy atom. The van der Waals surface area contributed by atoms with Gasteiger partial charge in [0.25, 0.3) is 0 Å². The van der Waals surface area contributed by atoms with Crippen LogP contribution in [0.2, 0.25) is 0 Å². The van der Waals surface area contributed by atoms with Gasteiger partial charge in [-0.3, -0.25) is 0 Å². The zero-order valence-electron chi connectivity index (χ0n) is 16.6. The van der Waals surface area contributed by atoms with Crippen LogP contribution in [0.15, 0.2) is 54.6 Å². The van der Waals surface area contributed by atoms with E-state index < -0.39 is 0 Å². The lowest BCUT2D eigenvalue weighted by molar-refractivity contribution is -0.144. The molecule has 1 aliphatic rings. The fraction of sp³-hybridized carbons (Fsp3) is 0.375. The number of ether oxygens (including phenoxy) is 1. The number of nitrogens with zero attached hydrogens (tertiary/aromatic N) is 1. The second kappa shape index (κ2) is 9.65. The van der Waals surface area contributed by atoms with Crippen LogP contribution in [0.3, 0.4) is 0 Å². The van der Waals surface area contributed by atoms with Gasteiger partial charge >= 0.3 is 5.97 Å². The summed E-state index contributed by atoms with van der Waals surface area (Å²) in [6, 6.07) is 14.9. The van der Waals surface area contributed by atoms with Crippen molar-refractivity contribution in [2.45, 2.75) is 44.2 Å². The molecule has 2 aromatic rings. The van der Waals surface area contributed by atoms with Gasteiger partial charge in [0.15, 0.2) is 0 Å². The van der Waals surface area contributed by atoms with Gasteiger partial charge < -0.3 is 9.64 Å². The Kier molecular flexibility index (Phi) is 6.99. The predicted molar refractivity (Wildman–Crippen MR) is 110 cm³/mol. The van der Waals surface area contributed by atoms with Gasteiger partial charge in [0, 0.05) is 12.6 Å². The van der Waals surface area contributed by atoms with Crippen molar-refractivity contribution < 1.29 is 13.9 Å². The summed E-state index contributed by atoms with van der Waals surface area (Å²) in [6.45, 7) is 0.953. The van der Waals surface area contributed by atoms with E-state index in [4.69, 9.17) is 4.74 Å². The van der Waals surface area contributed by atoms with E-state index in [0.29, 0.717) is 5.92 Å². The van der Waals surface area contributed by atoms with Gasteiger partial charge in [0.1, 0.15) is 11.9 Å². The first kappa shape index (κ1) is 20.3. The Morgan fingerprint density at radius 1 is 1.04 bits per heavy atom. The minimum absolute atomic E-state index is 0.0189. The van der Waals surface area contributed by atoms with E-state index in [2.05, 4.69) is 43.3 Å². The Bertz CT molecular complexity index is 788. The van der Waals surface area contributed by atoms with Crippen molar-refractivity contribution in [3.63, 3.8) is 0 Å². The number of halogens is 1. The molecular formula is C24H28FNO2. The van der Waals surface area contributed by atoms with Crippen LogP contribution in [0.1, 0.15) is 48.3 Å². The molecule has 0 N–H and O–H groups in total. The van der Waals surface area contributed by atoms with Crippen LogP contribution in [-0.2, 0) is 16.1 Å². The van der Waals surface area contributed by atoms with E-state index in [9.17, 15) is 9.18 Å². The second-order valence-corrected chi connectivity index (χ2v) is 7.77. The van der Waals surface area contributed by atoms with Crippen molar-refractivity contribution in [1.29, 1.82) is 0 Å². The summed E-state index contributed by atoms with van der Waals surface area (Å²) >= 11 is 0. The van der Waals surface area contributed by atoms with E-state index in [1.165, 1.54) is 29.3 Å². The maximum atomic E-state index is 12.9. The molecule has 4 heteroatoms. The molecule has 0 aliphatic heterocycles. The van der Waals surface area contributed by atoms with Crippen molar-refractivity contribution in [2.24, 2.45) is 0 Å². The average Bonchev–Trinajstić information content (AvgIpc) is 2.68. The highest BCUT2D eigenvalue weighted by molar-refractivity contribution is 5.87. The summed E-state index contributed by atoms with van der Waals surface area (Å²) in [6.07, 6.45) is 6.90. The summed E-state index contributed by atoms with van der Waals surface area (Å²) in [5.74, 6) is -0.0808. The van der Waals surface area contributed by atoms with E-state index in [-0.39, 0.29) is 17.9 Å². The molecule has 0 atom stereocenters. The zero-order valence-corrected chi connectivity index (χ0v) is 16.6. The van der Waals surface area contributed by atoms with E-state index in [1.807, 2.05) is 0 Å². The van der Waals surface area contributed by atoms with Crippen molar-refractivity contribution in [2.75, 3.05) is 14.1 Å². The number of rotatable bonds is 6. The Labute approximate surface area is 166 Å². The minimum Gasteiger partial charge on any atom is -0.459 e. The Morgan fingerprint density at radius 2 is 1.68 bits per heavy atom. The molecule has 0 aromatic heterocycles. The summed E-state index contributed by atoms with van der Waals surface area (Å²) in [5, 5.41) is 0. The van der Waals surface area contributed by atoms with Gasteiger partial charge in [-0.25, -0.2) is 9.18 Å². The normalized spacial score (nSPS) is 19.9. The Balaban J connectivity index is 1.45. The molecule has 0 bridgehead atoms. The molecule has 0 radical (unpaired) electrons. The molecule has 1 aliphatic carbocycles. The second-order valence-electron chi connectivity index (χ2n) is 7.77. The van der Waals surface area contributed by atoms with Gasteiger partial charge in [0.2, 0.25) is 0 Å². The van der Waals surface area contributed by atoms with Gasteiger partial charge in [-0.15, -0.1) is 0 Å².